The minimum atomic E-state index is 0.785. The summed E-state index contributed by atoms with van der Waals surface area (Å²) < 4.78 is 0. The van der Waals surface area contributed by atoms with Crippen LogP contribution in [-0.4, -0.2) is 61.4 Å². The molecule has 0 saturated carbocycles. The third kappa shape index (κ3) is 5.53. The Balaban J connectivity index is 1.55. The number of piperazine rings is 1. The third-order valence-corrected chi connectivity index (χ3v) is 4.64. The molecule has 4 heteroatoms. The van der Waals surface area contributed by atoms with Crippen molar-refractivity contribution in [1.82, 2.24) is 9.80 Å². The van der Waals surface area contributed by atoms with Gasteiger partial charge in [0.1, 0.15) is 0 Å². The second kappa shape index (κ2) is 8.59. The van der Waals surface area contributed by atoms with Crippen molar-refractivity contribution in [2.75, 3.05) is 51.6 Å². The van der Waals surface area contributed by atoms with Gasteiger partial charge in [-0.2, -0.15) is 0 Å². The summed E-state index contributed by atoms with van der Waals surface area (Å²) >= 11 is 1.96. The molecule has 0 aromatic heterocycles. The van der Waals surface area contributed by atoms with Crippen LogP contribution in [0.3, 0.4) is 0 Å². The predicted octanol–water partition coefficient (Wildman–Crippen LogP) is 1.75. The van der Waals surface area contributed by atoms with E-state index >= 15 is 0 Å². The van der Waals surface area contributed by atoms with Crippen molar-refractivity contribution in [2.24, 2.45) is 5.73 Å². The monoisotopic (exact) mass is 279 g/mol. The largest absolute Gasteiger partial charge is 0.329 e. The Morgan fingerprint density at radius 1 is 0.947 bits per heavy atom. The Kier molecular flexibility index (Phi) is 6.71. The van der Waals surface area contributed by atoms with Gasteiger partial charge in [-0.25, -0.2) is 0 Å². The smallest absolute Gasteiger partial charge is 0.0110 e. The van der Waals surface area contributed by atoms with Crippen molar-refractivity contribution in [2.45, 2.75) is 11.3 Å². The second-order valence-corrected chi connectivity index (χ2v) is 6.16. The molecule has 1 aromatic carbocycles. The van der Waals surface area contributed by atoms with E-state index in [4.69, 9.17) is 5.73 Å². The molecule has 0 bridgehead atoms. The minimum Gasteiger partial charge on any atom is -0.329 e. The van der Waals surface area contributed by atoms with Gasteiger partial charge in [0, 0.05) is 44.2 Å². The van der Waals surface area contributed by atoms with Crippen LogP contribution in [0.4, 0.5) is 0 Å². The Bertz CT molecular complexity index is 337. The molecule has 1 aliphatic rings. The van der Waals surface area contributed by atoms with Gasteiger partial charge in [0.25, 0.3) is 0 Å². The fourth-order valence-corrected chi connectivity index (χ4v) is 3.27. The maximum absolute atomic E-state index is 5.59. The van der Waals surface area contributed by atoms with Crippen LogP contribution >= 0.6 is 11.8 Å². The lowest BCUT2D eigenvalue weighted by Crippen LogP contribution is -2.47. The highest BCUT2D eigenvalue weighted by atomic mass is 32.2. The molecule has 1 saturated heterocycles. The molecule has 0 atom stereocenters. The van der Waals surface area contributed by atoms with E-state index in [0.717, 1.165) is 13.1 Å². The summed E-state index contributed by atoms with van der Waals surface area (Å²) in [7, 11) is 0. The average Bonchev–Trinajstić information content (AvgIpc) is 2.47. The lowest BCUT2D eigenvalue weighted by atomic mass is 10.3. The molecular weight excluding hydrogens is 254 g/mol. The zero-order valence-corrected chi connectivity index (χ0v) is 12.4. The number of nitrogens with two attached hydrogens (primary N) is 1. The van der Waals surface area contributed by atoms with Crippen molar-refractivity contribution in [3.8, 4) is 0 Å². The summed E-state index contributed by atoms with van der Waals surface area (Å²) in [5.74, 6) is 1.22. The second-order valence-electron chi connectivity index (χ2n) is 4.99. The fraction of sp³-hybridized carbons (Fsp3) is 0.600. The van der Waals surface area contributed by atoms with Gasteiger partial charge in [0.2, 0.25) is 0 Å². The van der Waals surface area contributed by atoms with Crippen LogP contribution in [0, 0.1) is 0 Å². The normalized spacial score (nSPS) is 17.7. The van der Waals surface area contributed by atoms with Gasteiger partial charge in [-0.05, 0) is 30.9 Å². The van der Waals surface area contributed by atoms with Crippen LogP contribution in [-0.2, 0) is 0 Å². The van der Waals surface area contributed by atoms with E-state index in [-0.39, 0.29) is 0 Å². The summed E-state index contributed by atoms with van der Waals surface area (Å²) in [4.78, 5) is 6.43. The summed E-state index contributed by atoms with van der Waals surface area (Å²) in [5.41, 5.74) is 5.59. The first kappa shape index (κ1) is 14.9. The van der Waals surface area contributed by atoms with E-state index in [1.54, 1.807) is 0 Å². The van der Waals surface area contributed by atoms with Gasteiger partial charge in [-0.1, -0.05) is 18.2 Å². The summed E-state index contributed by atoms with van der Waals surface area (Å²) in [5, 5.41) is 0. The molecule has 2 rings (SSSR count). The lowest BCUT2D eigenvalue weighted by molar-refractivity contribution is 0.135. The number of hydrogen-bond acceptors (Lipinski definition) is 4. The van der Waals surface area contributed by atoms with E-state index in [1.807, 2.05) is 11.8 Å². The highest BCUT2D eigenvalue weighted by molar-refractivity contribution is 7.99. The molecule has 2 N–H and O–H groups in total. The van der Waals surface area contributed by atoms with Gasteiger partial charge in [0.15, 0.2) is 0 Å². The van der Waals surface area contributed by atoms with E-state index < -0.39 is 0 Å². The standard InChI is InChI=1S/C15H25N3S/c16-7-9-18-12-10-17(11-13-18)8-4-14-19-15-5-2-1-3-6-15/h1-3,5-6H,4,7-14,16H2. The molecule has 1 heterocycles. The zero-order chi connectivity index (χ0) is 13.3. The molecule has 3 nitrogen and oxygen atoms in total. The summed E-state index contributed by atoms with van der Waals surface area (Å²) in [6, 6.07) is 10.7. The number of benzene rings is 1. The van der Waals surface area contributed by atoms with E-state index in [2.05, 4.69) is 40.1 Å². The molecule has 0 amide bonds. The Morgan fingerprint density at radius 3 is 2.21 bits per heavy atom. The van der Waals surface area contributed by atoms with Crippen LogP contribution in [0.2, 0.25) is 0 Å². The first-order valence-electron chi connectivity index (χ1n) is 7.21. The molecule has 1 fully saturated rings. The van der Waals surface area contributed by atoms with Gasteiger partial charge in [0.05, 0.1) is 0 Å². The highest BCUT2D eigenvalue weighted by Gasteiger charge is 2.15. The van der Waals surface area contributed by atoms with Crippen LogP contribution in [0.15, 0.2) is 35.2 Å². The average molecular weight is 279 g/mol. The van der Waals surface area contributed by atoms with Gasteiger partial charge < -0.3 is 10.6 Å². The van der Waals surface area contributed by atoms with Crippen molar-refractivity contribution < 1.29 is 0 Å². The molecule has 0 aliphatic carbocycles. The molecule has 0 radical (unpaired) electrons. The minimum absolute atomic E-state index is 0.785. The first-order chi connectivity index (χ1) is 9.38. The summed E-state index contributed by atoms with van der Waals surface area (Å²) in [6.45, 7) is 7.85. The van der Waals surface area contributed by atoms with Gasteiger partial charge >= 0.3 is 0 Å². The summed E-state index contributed by atoms with van der Waals surface area (Å²) in [6.07, 6.45) is 1.27. The quantitative estimate of drug-likeness (QED) is 0.609. The van der Waals surface area contributed by atoms with Crippen molar-refractivity contribution in [3.63, 3.8) is 0 Å². The van der Waals surface area contributed by atoms with Crippen LogP contribution in [0.5, 0.6) is 0 Å². The van der Waals surface area contributed by atoms with Crippen LogP contribution in [0.25, 0.3) is 0 Å². The maximum atomic E-state index is 5.59. The predicted molar refractivity (Wildman–Crippen MR) is 83.7 cm³/mol. The Morgan fingerprint density at radius 2 is 1.58 bits per heavy atom. The molecule has 1 aliphatic heterocycles. The van der Waals surface area contributed by atoms with E-state index in [9.17, 15) is 0 Å². The molecular formula is C15H25N3S. The fourth-order valence-electron chi connectivity index (χ4n) is 2.41. The zero-order valence-electron chi connectivity index (χ0n) is 11.6. The van der Waals surface area contributed by atoms with Crippen LogP contribution in [0.1, 0.15) is 6.42 Å². The van der Waals surface area contributed by atoms with E-state index in [0.29, 0.717) is 0 Å². The maximum Gasteiger partial charge on any atom is 0.0110 e. The third-order valence-electron chi connectivity index (χ3n) is 3.54. The molecule has 0 spiro atoms. The number of rotatable bonds is 7. The van der Waals surface area contributed by atoms with Crippen molar-refractivity contribution in [3.05, 3.63) is 30.3 Å². The molecule has 1 aromatic rings. The molecule has 0 unspecified atom stereocenters. The van der Waals surface area contributed by atoms with Crippen molar-refractivity contribution in [1.29, 1.82) is 0 Å². The molecule has 19 heavy (non-hydrogen) atoms. The van der Waals surface area contributed by atoms with E-state index in [1.165, 1.54) is 49.8 Å². The highest BCUT2D eigenvalue weighted by Crippen LogP contribution is 2.17. The Hall–Kier alpha value is -0.550. The SMILES string of the molecule is NCCN1CCN(CCCSc2ccccc2)CC1. The topological polar surface area (TPSA) is 32.5 Å². The Labute approximate surface area is 121 Å². The number of hydrogen-bond donors (Lipinski definition) is 1. The number of nitrogens with zero attached hydrogens (tertiary/aromatic N) is 2. The van der Waals surface area contributed by atoms with Gasteiger partial charge in [-0.15, -0.1) is 11.8 Å². The first-order valence-corrected chi connectivity index (χ1v) is 8.19. The number of thioether (sulfide) groups is 1. The van der Waals surface area contributed by atoms with Gasteiger partial charge in [-0.3, -0.25) is 4.90 Å². The van der Waals surface area contributed by atoms with Crippen LogP contribution < -0.4 is 5.73 Å². The lowest BCUT2D eigenvalue weighted by Gasteiger charge is -2.34. The molecule has 106 valence electrons. The van der Waals surface area contributed by atoms with Crippen molar-refractivity contribution >= 4 is 11.8 Å².